The molecule has 0 N–H and O–H groups in total. The molecule has 8 heteroatoms. The van der Waals surface area contributed by atoms with Crippen molar-refractivity contribution in [3.8, 4) is 5.75 Å². The summed E-state index contributed by atoms with van der Waals surface area (Å²) in [6.07, 6.45) is -2.73. The first-order valence-corrected chi connectivity index (χ1v) is 5.32. The van der Waals surface area contributed by atoms with Gasteiger partial charge in [-0.25, -0.2) is 13.2 Å². The molecule has 4 nitrogen and oxygen atoms in total. The van der Waals surface area contributed by atoms with Crippen LogP contribution in [0.1, 0.15) is 12.5 Å². The van der Waals surface area contributed by atoms with Crippen molar-refractivity contribution in [1.82, 2.24) is 0 Å². The number of halogens is 4. The van der Waals surface area contributed by atoms with Crippen molar-refractivity contribution in [2.24, 2.45) is 0 Å². The molecule has 0 spiro atoms. The fraction of sp³-hybridized carbons (Fsp3) is 0.400. The monoisotopic (exact) mass is 283 g/mol. The molecule has 1 rings (SSSR count). The van der Waals surface area contributed by atoms with E-state index in [1.165, 1.54) is 6.92 Å². The van der Waals surface area contributed by atoms with Gasteiger partial charge in [-0.1, -0.05) is 18.5 Å². The maximum atomic E-state index is 13.4. The van der Waals surface area contributed by atoms with Crippen molar-refractivity contribution in [2.75, 3.05) is 6.61 Å². The normalized spacial score (nSPS) is 10.8. The summed E-state index contributed by atoms with van der Waals surface area (Å²) < 4.78 is 41.9. The highest BCUT2D eigenvalue weighted by Crippen LogP contribution is 2.38. The number of nitrogens with zero attached hydrogens (tertiary/aromatic N) is 1. The molecule has 0 atom stereocenters. The third-order valence-corrected chi connectivity index (χ3v) is 2.56. The number of benzene rings is 1. The van der Waals surface area contributed by atoms with Crippen molar-refractivity contribution in [3.63, 3.8) is 0 Å². The predicted octanol–water partition coefficient (Wildman–Crippen LogP) is 3.59. The van der Waals surface area contributed by atoms with Gasteiger partial charge in [0.25, 0.3) is 6.43 Å². The largest absolute Gasteiger partial charge is 0.481 e. The van der Waals surface area contributed by atoms with Crippen molar-refractivity contribution in [1.29, 1.82) is 0 Å². The third-order valence-electron chi connectivity index (χ3n) is 2.15. The first-order chi connectivity index (χ1) is 8.38. The Labute approximate surface area is 105 Å². The Kier molecular flexibility index (Phi) is 4.77. The molecule has 0 saturated heterocycles. The van der Waals surface area contributed by atoms with Gasteiger partial charge >= 0.3 is 5.69 Å². The summed E-state index contributed by atoms with van der Waals surface area (Å²) in [7, 11) is 0. The van der Waals surface area contributed by atoms with Crippen molar-refractivity contribution in [2.45, 2.75) is 19.8 Å². The Bertz CT molecular complexity index is 468. The van der Waals surface area contributed by atoms with Crippen molar-refractivity contribution in [3.05, 3.63) is 32.6 Å². The molecule has 0 radical (unpaired) electrons. The van der Waals surface area contributed by atoms with Gasteiger partial charge in [0.15, 0.2) is 0 Å². The van der Waals surface area contributed by atoms with E-state index in [4.69, 9.17) is 11.6 Å². The van der Waals surface area contributed by atoms with Crippen LogP contribution >= 0.6 is 11.6 Å². The van der Waals surface area contributed by atoms with Crippen LogP contribution in [0.5, 0.6) is 5.75 Å². The number of rotatable bonds is 5. The Morgan fingerprint density at radius 1 is 1.56 bits per heavy atom. The van der Waals surface area contributed by atoms with Gasteiger partial charge in [0.2, 0.25) is 5.75 Å². The highest BCUT2D eigenvalue weighted by molar-refractivity contribution is 6.31. The first-order valence-electron chi connectivity index (χ1n) is 4.94. The van der Waals surface area contributed by atoms with Crippen LogP contribution in [0.4, 0.5) is 18.9 Å². The van der Waals surface area contributed by atoms with E-state index < -0.39 is 40.2 Å². The quantitative estimate of drug-likeness (QED) is 0.613. The zero-order valence-corrected chi connectivity index (χ0v) is 10.0. The van der Waals surface area contributed by atoms with Gasteiger partial charge in [-0.05, 0) is 6.42 Å². The average molecular weight is 284 g/mol. The lowest BCUT2D eigenvalue weighted by molar-refractivity contribution is -0.386. The molecule has 18 heavy (non-hydrogen) atoms. The van der Waals surface area contributed by atoms with E-state index in [0.717, 1.165) is 0 Å². The molecule has 0 aromatic heterocycles. The molecule has 0 amide bonds. The van der Waals surface area contributed by atoms with Gasteiger partial charge in [-0.3, -0.25) is 10.1 Å². The second kappa shape index (κ2) is 5.90. The molecular formula is C10H9ClF3NO3. The Balaban J connectivity index is 3.31. The summed E-state index contributed by atoms with van der Waals surface area (Å²) in [5.74, 6) is -1.48. The molecule has 0 aliphatic carbocycles. The molecule has 1 aromatic carbocycles. The highest BCUT2D eigenvalue weighted by Gasteiger charge is 2.26. The third kappa shape index (κ3) is 3.04. The van der Waals surface area contributed by atoms with E-state index >= 15 is 0 Å². The summed E-state index contributed by atoms with van der Waals surface area (Å²) in [6.45, 7) is 0.482. The van der Waals surface area contributed by atoms with Gasteiger partial charge in [-0.15, -0.1) is 0 Å². The highest BCUT2D eigenvalue weighted by atomic mass is 35.5. The topological polar surface area (TPSA) is 52.4 Å². The average Bonchev–Trinajstić information content (AvgIpc) is 2.29. The van der Waals surface area contributed by atoms with E-state index in [1.807, 2.05) is 0 Å². The molecule has 0 aliphatic rings. The van der Waals surface area contributed by atoms with Crippen LogP contribution < -0.4 is 4.74 Å². The molecule has 100 valence electrons. The van der Waals surface area contributed by atoms with Crippen molar-refractivity contribution < 1.29 is 22.8 Å². The Morgan fingerprint density at radius 2 is 2.17 bits per heavy atom. The predicted molar refractivity (Wildman–Crippen MR) is 58.9 cm³/mol. The fourth-order valence-corrected chi connectivity index (χ4v) is 1.71. The second-order valence-corrected chi connectivity index (χ2v) is 3.69. The number of nitro benzene ring substituents is 1. The van der Waals surface area contributed by atoms with Crippen LogP contribution in [0.2, 0.25) is 5.02 Å². The molecular weight excluding hydrogens is 275 g/mol. The van der Waals surface area contributed by atoms with Crippen LogP contribution in [0.15, 0.2) is 6.07 Å². The standard InChI is InChI=1S/C10H9ClF3NO3/c1-2-5-9(11)6(12)3-7(10(5)15(16)17)18-4-8(13)14/h3,8H,2,4H2,1H3. The SMILES string of the molecule is CCc1c(Cl)c(F)cc(OCC(F)F)c1[N+](=O)[O-]. The van der Waals surface area contributed by atoms with Crippen molar-refractivity contribution >= 4 is 17.3 Å². The summed E-state index contributed by atoms with van der Waals surface area (Å²) in [5, 5.41) is 10.5. The summed E-state index contributed by atoms with van der Waals surface area (Å²) in [6, 6.07) is 0.641. The van der Waals surface area contributed by atoms with Gasteiger partial charge < -0.3 is 4.74 Å². The van der Waals surface area contributed by atoms with E-state index in [-0.39, 0.29) is 12.0 Å². The number of ether oxygens (including phenoxy) is 1. The molecule has 1 aromatic rings. The number of nitro groups is 1. The summed E-state index contributed by atoms with van der Waals surface area (Å²) in [5.41, 5.74) is -0.657. The summed E-state index contributed by atoms with van der Waals surface area (Å²) in [4.78, 5) is 10.0. The van der Waals surface area contributed by atoms with E-state index in [9.17, 15) is 23.3 Å². The Morgan fingerprint density at radius 3 is 2.61 bits per heavy atom. The molecule has 0 heterocycles. The minimum atomic E-state index is -2.81. The van der Waals surface area contributed by atoms with Crippen LogP contribution in [0.3, 0.4) is 0 Å². The lowest BCUT2D eigenvalue weighted by atomic mass is 10.1. The summed E-state index contributed by atoms with van der Waals surface area (Å²) >= 11 is 5.59. The minimum Gasteiger partial charge on any atom is -0.481 e. The van der Waals surface area contributed by atoms with Gasteiger partial charge in [0, 0.05) is 6.07 Å². The Hall–Kier alpha value is -1.50. The number of alkyl halides is 2. The lowest BCUT2D eigenvalue weighted by Gasteiger charge is -2.10. The van der Waals surface area contributed by atoms with Crippen LogP contribution in [0, 0.1) is 15.9 Å². The molecule has 0 saturated carbocycles. The fourth-order valence-electron chi connectivity index (χ4n) is 1.43. The van der Waals surface area contributed by atoms with E-state index in [0.29, 0.717) is 6.07 Å². The van der Waals surface area contributed by atoms with Gasteiger partial charge in [-0.2, -0.15) is 0 Å². The zero-order chi connectivity index (χ0) is 13.9. The minimum absolute atomic E-state index is 0.0778. The van der Waals surface area contributed by atoms with Gasteiger partial charge in [0.05, 0.1) is 15.5 Å². The number of hydrogen-bond donors (Lipinski definition) is 0. The maximum Gasteiger partial charge on any atom is 0.315 e. The molecule has 0 aliphatic heterocycles. The van der Waals surface area contributed by atoms with E-state index in [2.05, 4.69) is 4.74 Å². The molecule has 0 unspecified atom stereocenters. The van der Waals surface area contributed by atoms with Crippen LogP contribution in [-0.4, -0.2) is 18.0 Å². The van der Waals surface area contributed by atoms with E-state index in [1.54, 1.807) is 0 Å². The molecule has 0 fully saturated rings. The smallest absolute Gasteiger partial charge is 0.315 e. The van der Waals surface area contributed by atoms with Crippen LogP contribution in [0.25, 0.3) is 0 Å². The first kappa shape index (κ1) is 14.6. The van der Waals surface area contributed by atoms with Gasteiger partial charge in [0.1, 0.15) is 12.4 Å². The van der Waals surface area contributed by atoms with Crippen LogP contribution in [-0.2, 0) is 6.42 Å². The maximum absolute atomic E-state index is 13.4. The second-order valence-electron chi connectivity index (χ2n) is 3.31. The zero-order valence-electron chi connectivity index (χ0n) is 9.25. The number of hydrogen-bond acceptors (Lipinski definition) is 3. The molecule has 0 bridgehead atoms. The lowest BCUT2D eigenvalue weighted by Crippen LogP contribution is -2.10.